The predicted molar refractivity (Wildman–Crippen MR) is 96.4 cm³/mol. The van der Waals surface area contributed by atoms with Gasteiger partial charge in [-0.15, -0.1) is 0 Å². The van der Waals surface area contributed by atoms with E-state index < -0.39 is 17.8 Å². The number of rotatable bonds is 4. The second kappa shape index (κ2) is 6.67. The van der Waals surface area contributed by atoms with Crippen LogP contribution < -0.4 is 5.32 Å². The Bertz CT molecular complexity index is 789. The van der Waals surface area contributed by atoms with Gasteiger partial charge >= 0.3 is 12.2 Å². The van der Waals surface area contributed by atoms with E-state index in [1.165, 1.54) is 6.07 Å². The summed E-state index contributed by atoms with van der Waals surface area (Å²) in [6.07, 6.45) is -1.35. The summed E-state index contributed by atoms with van der Waals surface area (Å²) < 4.78 is 39.5. The highest BCUT2D eigenvalue weighted by molar-refractivity contribution is 5.79. The Morgan fingerprint density at radius 2 is 2.11 bits per heavy atom. The van der Waals surface area contributed by atoms with Gasteiger partial charge in [0, 0.05) is 31.6 Å². The minimum atomic E-state index is -4.46. The minimum Gasteiger partial charge on any atom is -0.340 e. The molecule has 152 valence electrons. The fourth-order valence-corrected chi connectivity index (χ4v) is 4.85. The van der Waals surface area contributed by atoms with Gasteiger partial charge in [-0.05, 0) is 49.8 Å². The van der Waals surface area contributed by atoms with Crippen LogP contribution in [0.15, 0.2) is 24.3 Å². The van der Waals surface area contributed by atoms with Gasteiger partial charge in [0.25, 0.3) is 0 Å². The summed E-state index contributed by atoms with van der Waals surface area (Å²) in [6.45, 7) is 3.47. The van der Waals surface area contributed by atoms with Crippen LogP contribution >= 0.6 is 0 Å². The molecule has 1 unspecified atom stereocenters. The number of nitrogens with one attached hydrogen (secondary N) is 1. The Balaban J connectivity index is 1.57. The Hall–Kier alpha value is -2.25. The van der Waals surface area contributed by atoms with Crippen LogP contribution in [0.25, 0.3) is 0 Å². The molecule has 3 amide bonds. The number of amides is 3. The number of carbonyl (C=O) groups is 2. The molecule has 28 heavy (non-hydrogen) atoms. The molecule has 4 aliphatic rings. The van der Waals surface area contributed by atoms with Gasteiger partial charge in [-0.2, -0.15) is 13.2 Å². The topological polar surface area (TPSA) is 52.7 Å². The van der Waals surface area contributed by atoms with Crippen molar-refractivity contribution < 1.29 is 22.8 Å². The van der Waals surface area contributed by atoms with Crippen LogP contribution in [0, 0.1) is 5.92 Å². The molecule has 5 nitrogen and oxygen atoms in total. The summed E-state index contributed by atoms with van der Waals surface area (Å²) in [5, 5.41) is 2.91. The number of carbonyl (C=O) groups excluding carboxylic acids is 2. The van der Waals surface area contributed by atoms with Crippen molar-refractivity contribution in [2.24, 2.45) is 5.92 Å². The highest BCUT2D eigenvalue weighted by atomic mass is 19.4. The molecule has 1 saturated carbocycles. The van der Waals surface area contributed by atoms with E-state index >= 15 is 0 Å². The molecule has 4 fully saturated rings. The van der Waals surface area contributed by atoms with Crippen molar-refractivity contribution in [2.75, 3.05) is 19.6 Å². The summed E-state index contributed by atoms with van der Waals surface area (Å²) in [6, 6.07) is 4.05. The lowest BCUT2D eigenvalue weighted by atomic mass is 9.75. The zero-order valence-electron chi connectivity index (χ0n) is 15.8. The van der Waals surface area contributed by atoms with E-state index in [9.17, 15) is 22.8 Å². The van der Waals surface area contributed by atoms with Crippen molar-refractivity contribution in [1.29, 1.82) is 0 Å². The molecule has 1 aromatic carbocycles. The van der Waals surface area contributed by atoms with Gasteiger partial charge in [-0.25, -0.2) is 4.79 Å². The first-order valence-corrected chi connectivity index (χ1v) is 9.69. The highest BCUT2D eigenvalue weighted by Crippen LogP contribution is 2.50. The lowest BCUT2D eigenvalue weighted by Gasteiger charge is -2.39. The summed E-state index contributed by atoms with van der Waals surface area (Å²) >= 11 is 0. The smallest absolute Gasteiger partial charge is 0.340 e. The van der Waals surface area contributed by atoms with Crippen molar-refractivity contribution in [3.63, 3.8) is 0 Å². The van der Waals surface area contributed by atoms with Crippen molar-refractivity contribution in [3.05, 3.63) is 35.4 Å². The lowest BCUT2D eigenvalue weighted by molar-refractivity contribution is -0.137. The molecule has 3 saturated heterocycles. The van der Waals surface area contributed by atoms with Gasteiger partial charge in [0.15, 0.2) is 0 Å². The van der Waals surface area contributed by atoms with E-state index in [2.05, 4.69) is 5.32 Å². The molecule has 1 N–H and O–H groups in total. The normalized spacial score (nSPS) is 27.7. The average molecular weight is 395 g/mol. The summed E-state index contributed by atoms with van der Waals surface area (Å²) in [4.78, 5) is 28.4. The second-order valence-corrected chi connectivity index (χ2v) is 8.45. The van der Waals surface area contributed by atoms with Crippen molar-refractivity contribution >= 4 is 11.9 Å². The van der Waals surface area contributed by atoms with E-state index in [4.69, 9.17) is 0 Å². The Morgan fingerprint density at radius 1 is 1.36 bits per heavy atom. The highest BCUT2D eigenvalue weighted by Gasteiger charge is 2.54. The third kappa shape index (κ3) is 3.44. The van der Waals surface area contributed by atoms with Crippen LogP contribution in [0.4, 0.5) is 18.0 Å². The Morgan fingerprint density at radius 3 is 2.68 bits per heavy atom. The second-order valence-electron chi connectivity index (χ2n) is 8.45. The number of hydrogen-bond donors (Lipinski definition) is 1. The molecule has 0 spiro atoms. The van der Waals surface area contributed by atoms with E-state index in [1.54, 1.807) is 15.9 Å². The van der Waals surface area contributed by atoms with E-state index in [1.807, 2.05) is 6.92 Å². The number of hydrogen-bond acceptors (Lipinski definition) is 2. The molecule has 0 radical (unpaired) electrons. The van der Waals surface area contributed by atoms with Crippen molar-refractivity contribution in [2.45, 2.75) is 50.4 Å². The van der Waals surface area contributed by atoms with E-state index in [0.29, 0.717) is 31.0 Å². The predicted octanol–water partition coefficient (Wildman–Crippen LogP) is 3.56. The number of fused-ring (bicyclic) bond motifs is 1. The number of alkyl halides is 3. The molecule has 8 heteroatoms. The third-order valence-electron chi connectivity index (χ3n) is 6.28. The zero-order valence-corrected chi connectivity index (χ0v) is 15.8. The largest absolute Gasteiger partial charge is 0.416 e. The standard InChI is InChI=1S/C20H24F3N3O2/c1-19-9-13(10-19)11-26(19)18(28)24-16(12-25-7-3-6-17(25)27)14-4-2-5-15(8-14)20(21,22)23/h2,4-5,8,13,16H,3,6-7,9-12H2,1H3,(H,24,28). The van der Waals surface area contributed by atoms with Gasteiger partial charge < -0.3 is 15.1 Å². The van der Waals surface area contributed by atoms with Crippen LogP contribution in [0.1, 0.15) is 49.8 Å². The Kier molecular flexibility index (Phi) is 4.55. The van der Waals surface area contributed by atoms with Crippen LogP contribution in [0.5, 0.6) is 0 Å². The molecular formula is C20H24F3N3O2. The summed E-state index contributed by atoms with van der Waals surface area (Å²) in [5.41, 5.74) is -0.553. The maximum Gasteiger partial charge on any atom is 0.416 e. The molecule has 5 rings (SSSR count). The zero-order chi connectivity index (χ0) is 20.1. The first-order valence-electron chi connectivity index (χ1n) is 9.69. The number of urea groups is 1. The van der Waals surface area contributed by atoms with Crippen molar-refractivity contribution in [1.82, 2.24) is 15.1 Å². The fraction of sp³-hybridized carbons (Fsp3) is 0.600. The van der Waals surface area contributed by atoms with Gasteiger partial charge in [0.2, 0.25) is 5.91 Å². The average Bonchev–Trinajstić information content (AvgIpc) is 3.26. The van der Waals surface area contributed by atoms with Crippen molar-refractivity contribution in [3.8, 4) is 0 Å². The molecule has 1 aromatic rings. The molecule has 2 bridgehead atoms. The van der Waals surface area contributed by atoms with Crippen LogP contribution in [-0.2, 0) is 11.0 Å². The monoisotopic (exact) mass is 395 g/mol. The quantitative estimate of drug-likeness (QED) is 0.848. The number of benzene rings is 1. The number of halogens is 3. The van der Waals surface area contributed by atoms with Crippen LogP contribution in [0.3, 0.4) is 0 Å². The summed E-state index contributed by atoms with van der Waals surface area (Å²) in [7, 11) is 0. The SMILES string of the molecule is CC12CC(CN1C(=O)NC(CN1CCCC1=O)c1cccc(C(F)(F)F)c1)C2. The van der Waals surface area contributed by atoms with E-state index in [-0.39, 0.29) is 24.0 Å². The third-order valence-corrected chi connectivity index (χ3v) is 6.28. The van der Waals surface area contributed by atoms with Crippen LogP contribution in [0.2, 0.25) is 0 Å². The van der Waals surface area contributed by atoms with Crippen LogP contribution in [-0.4, -0.2) is 46.9 Å². The molecule has 0 aromatic heterocycles. The maximum atomic E-state index is 13.2. The van der Waals surface area contributed by atoms with Gasteiger partial charge in [0.05, 0.1) is 11.6 Å². The van der Waals surface area contributed by atoms with E-state index in [0.717, 1.165) is 31.4 Å². The maximum absolute atomic E-state index is 13.2. The first-order chi connectivity index (χ1) is 13.2. The lowest BCUT2D eigenvalue weighted by Crippen LogP contribution is -2.51. The first kappa shape index (κ1) is 19.1. The molecule has 1 aliphatic carbocycles. The van der Waals surface area contributed by atoms with Gasteiger partial charge in [-0.3, -0.25) is 4.79 Å². The molecule has 3 aliphatic heterocycles. The number of nitrogens with zero attached hydrogens (tertiary/aromatic N) is 2. The minimum absolute atomic E-state index is 0.0263. The number of likely N-dealkylation sites (tertiary alicyclic amines) is 1. The summed E-state index contributed by atoms with van der Waals surface area (Å²) in [5.74, 6) is 0.490. The molecule has 3 heterocycles. The molecular weight excluding hydrogens is 371 g/mol. The molecule has 1 atom stereocenters. The fourth-order valence-electron chi connectivity index (χ4n) is 4.85. The van der Waals surface area contributed by atoms with Gasteiger partial charge in [0.1, 0.15) is 0 Å². The Labute approximate surface area is 161 Å². The van der Waals surface area contributed by atoms with Gasteiger partial charge in [-0.1, -0.05) is 12.1 Å².